The fraction of sp³-hybridized carbons (Fsp3) is 0.0625. The molecule has 0 fully saturated rings. The van der Waals surface area contributed by atoms with Crippen LogP contribution in [-0.4, -0.2) is 40.2 Å². The molecule has 6 heterocycles. The van der Waals surface area contributed by atoms with Gasteiger partial charge in [0, 0.05) is 29.1 Å². The van der Waals surface area contributed by atoms with Crippen molar-refractivity contribution in [3.05, 3.63) is 71.4 Å². The number of H-pyrrole nitrogens is 1. The molecule has 148 valence electrons. The van der Waals surface area contributed by atoms with Gasteiger partial charge in [0.2, 0.25) is 5.95 Å². The van der Waals surface area contributed by atoms with Gasteiger partial charge in [-0.3, -0.25) is 4.90 Å². The summed E-state index contributed by atoms with van der Waals surface area (Å²) < 4.78 is 26.0. The predicted molar refractivity (Wildman–Crippen MR) is 97.0 cm³/mol. The molecule has 6 rings (SSSR count). The van der Waals surface area contributed by atoms with E-state index in [9.17, 15) is 0 Å². The van der Waals surface area contributed by atoms with Gasteiger partial charge in [-0.25, -0.2) is 9.61 Å². The quantitative estimate of drug-likeness (QED) is 0.438. The lowest BCUT2D eigenvalue weighted by Gasteiger charge is -2.34. The van der Waals surface area contributed by atoms with Crippen molar-refractivity contribution in [3.8, 4) is 0 Å². The summed E-state index contributed by atoms with van der Waals surface area (Å²) in [6.07, 6.45) is 7.54. The molecule has 0 aromatic carbocycles. The number of imidazole rings is 1. The van der Waals surface area contributed by atoms with E-state index in [0.29, 0.717) is 40.2 Å². The molecule has 1 aliphatic rings. The van der Waals surface area contributed by atoms with Crippen molar-refractivity contribution in [2.24, 2.45) is 0 Å². The van der Waals surface area contributed by atoms with Gasteiger partial charge in [-0.05, 0) is 22.8 Å². The molecule has 5 aromatic rings. The summed E-state index contributed by atoms with van der Waals surface area (Å²) >= 11 is 1.25. The van der Waals surface area contributed by atoms with Crippen LogP contribution in [-0.2, 0) is 10.5 Å². The highest BCUT2D eigenvalue weighted by Crippen LogP contribution is 2.52. The molecule has 0 aliphatic carbocycles. The van der Waals surface area contributed by atoms with Crippen molar-refractivity contribution in [2.75, 3.05) is 4.90 Å². The summed E-state index contributed by atoms with van der Waals surface area (Å²) in [4.78, 5) is 9.24. The Balaban J connectivity index is 1.70. The second-order valence-corrected chi connectivity index (χ2v) is 6.69. The van der Waals surface area contributed by atoms with Crippen LogP contribution in [0.15, 0.2) is 62.3 Å². The fourth-order valence-electron chi connectivity index (χ4n) is 3.30. The zero-order valence-corrected chi connectivity index (χ0v) is 15.6. The standard InChI is InChI=1S/C16H9N9O4S/c1-5-26-21-9(1)14-13(10-8-27-24-20-10)25(15-17-3-4-18-15)16(28-14,11-2-6-30-23-11)12-7-19-29-22-12/h1-8H,(H,17,18). The molecular weight excluding hydrogens is 414 g/mol. The first-order valence-electron chi connectivity index (χ1n) is 8.48. The van der Waals surface area contributed by atoms with Gasteiger partial charge >= 0.3 is 0 Å². The van der Waals surface area contributed by atoms with E-state index in [-0.39, 0.29) is 0 Å². The molecule has 1 aliphatic heterocycles. The van der Waals surface area contributed by atoms with Gasteiger partial charge in [0.05, 0.1) is 0 Å². The largest absolute Gasteiger partial charge is 0.451 e. The Labute approximate surface area is 170 Å². The maximum absolute atomic E-state index is 6.55. The number of nitrogens with one attached hydrogen (secondary N) is 1. The van der Waals surface area contributed by atoms with Gasteiger partial charge in [0.15, 0.2) is 29.1 Å². The zero-order valence-electron chi connectivity index (χ0n) is 14.7. The summed E-state index contributed by atoms with van der Waals surface area (Å²) in [5.74, 6) is 0.745. The number of aromatic amines is 1. The number of hydrogen-bond acceptors (Lipinski definition) is 13. The van der Waals surface area contributed by atoms with Crippen molar-refractivity contribution < 1.29 is 18.4 Å². The lowest BCUT2D eigenvalue weighted by molar-refractivity contribution is 0.0881. The van der Waals surface area contributed by atoms with Crippen LogP contribution in [0.5, 0.6) is 0 Å². The van der Waals surface area contributed by atoms with Crippen LogP contribution in [0.3, 0.4) is 0 Å². The third-order valence-corrected chi connectivity index (χ3v) is 5.03. The topological polar surface area (TPSA) is 158 Å². The molecule has 0 spiro atoms. The molecule has 1 atom stereocenters. The molecule has 0 saturated carbocycles. The van der Waals surface area contributed by atoms with Crippen LogP contribution in [0.4, 0.5) is 5.95 Å². The molecule has 0 amide bonds. The van der Waals surface area contributed by atoms with Crippen LogP contribution in [0.2, 0.25) is 0 Å². The normalized spacial score (nSPS) is 18.9. The molecule has 14 heteroatoms. The number of nitrogens with zero attached hydrogens (tertiary/aromatic N) is 8. The van der Waals surface area contributed by atoms with Gasteiger partial charge in [0.25, 0.3) is 5.72 Å². The first kappa shape index (κ1) is 16.6. The minimum atomic E-state index is -1.43. The monoisotopic (exact) mass is 423 g/mol. The highest BCUT2D eigenvalue weighted by atomic mass is 32.1. The molecule has 0 radical (unpaired) electrons. The molecule has 13 nitrogen and oxygen atoms in total. The first-order valence-corrected chi connectivity index (χ1v) is 9.31. The Kier molecular flexibility index (Phi) is 3.51. The van der Waals surface area contributed by atoms with Crippen molar-refractivity contribution in [1.29, 1.82) is 0 Å². The van der Waals surface area contributed by atoms with Gasteiger partial charge in [-0.15, -0.1) is 5.10 Å². The Hall–Kier alpha value is -4.33. The van der Waals surface area contributed by atoms with E-state index in [4.69, 9.17) is 18.4 Å². The Morgan fingerprint density at radius 2 is 2.10 bits per heavy atom. The fourth-order valence-corrected chi connectivity index (χ4v) is 3.85. The lowest BCUT2D eigenvalue weighted by Crippen LogP contribution is -2.45. The average Bonchev–Trinajstić information content (AvgIpc) is 3.62. The number of ether oxygens (including phenoxy) is 1. The number of anilines is 1. The second kappa shape index (κ2) is 6.35. The van der Waals surface area contributed by atoms with Gasteiger partial charge < -0.3 is 18.8 Å². The van der Waals surface area contributed by atoms with Crippen LogP contribution in [0.1, 0.15) is 22.8 Å². The molecule has 1 N–H and O–H groups in total. The van der Waals surface area contributed by atoms with Crippen molar-refractivity contribution >= 4 is 28.9 Å². The van der Waals surface area contributed by atoms with E-state index in [1.807, 2.05) is 5.38 Å². The van der Waals surface area contributed by atoms with E-state index in [1.165, 1.54) is 30.3 Å². The van der Waals surface area contributed by atoms with E-state index < -0.39 is 5.72 Å². The smallest absolute Gasteiger partial charge is 0.282 e. The summed E-state index contributed by atoms with van der Waals surface area (Å²) in [5.41, 5.74) is 0.664. The third kappa shape index (κ3) is 2.24. The van der Waals surface area contributed by atoms with E-state index in [0.717, 1.165) is 0 Å². The van der Waals surface area contributed by atoms with Crippen molar-refractivity contribution in [1.82, 2.24) is 40.2 Å². The average molecular weight is 423 g/mol. The van der Waals surface area contributed by atoms with E-state index in [2.05, 4.69) is 40.2 Å². The molecule has 5 aromatic heterocycles. The lowest BCUT2D eigenvalue weighted by atomic mass is 10.0. The highest BCUT2D eigenvalue weighted by Gasteiger charge is 2.57. The summed E-state index contributed by atoms with van der Waals surface area (Å²) in [7, 11) is 0. The maximum Gasteiger partial charge on any atom is 0.282 e. The Morgan fingerprint density at radius 3 is 2.77 bits per heavy atom. The maximum atomic E-state index is 6.55. The highest BCUT2D eigenvalue weighted by molar-refractivity contribution is 7.03. The van der Waals surface area contributed by atoms with Gasteiger partial charge in [-0.1, -0.05) is 10.3 Å². The summed E-state index contributed by atoms with van der Waals surface area (Å²) in [6.45, 7) is 0. The van der Waals surface area contributed by atoms with Gasteiger partial charge in [-0.2, -0.15) is 4.37 Å². The molecule has 1 unspecified atom stereocenters. The SMILES string of the molecule is c1c[nH]c(N2C(c3conn3)=C(c3ccon3)OC2(c2cnon2)c2ccsn2)n1. The molecule has 0 saturated heterocycles. The zero-order chi connectivity index (χ0) is 20.0. The number of rotatable bonds is 5. The number of hydrogen-bond donors (Lipinski definition) is 1. The number of aromatic nitrogens is 8. The summed E-state index contributed by atoms with van der Waals surface area (Å²) in [6, 6.07) is 3.46. The Morgan fingerprint density at radius 1 is 1.10 bits per heavy atom. The third-order valence-electron chi connectivity index (χ3n) is 4.47. The van der Waals surface area contributed by atoms with Crippen LogP contribution in [0.25, 0.3) is 11.5 Å². The van der Waals surface area contributed by atoms with Gasteiger partial charge in [0.1, 0.15) is 23.9 Å². The van der Waals surface area contributed by atoms with Crippen molar-refractivity contribution in [3.63, 3.8) is 0 Å². The molecule has 0 bridgehead atoms. The minimum Gasteiger partial charge on any atom is -0.451 e. The Bertz CT molecular complexity index is 1230. The van der Waals surface area contributed by atoms with Crippen LogP contribution < -0.4 is 4.90 Å². The molecular formula is C16H9N9O4S. The second-order valence-electron chi connectivity index (χ2n) is 6.02. The minimum absolute atomic E-state index is 0.326. The first-order chi connectivity index (χ1) is 14.9. The van der Waals surface area contributed by atoms with Crippen LogP contribution in [0, 0.1) is 0 Å². The van der Waals surface area contributed by atoms with E-state index in [1.54, 1.807) is 29.4 Å². The van der Waals surface area contributed by atoms with Crippen molar-refractivity contribution in [2.45, 2.75) is 5.72 Å². The van der Waals surface area contributed by atoms with Crippen LogP contribution >= 0.6 is 11.5 Å². The van der Waals surface area contributed by atoms with E-state index >= 15 is 0 Å². The predicted octanol–water partition coefficient (Wildman–Crippen LogP) is 1.88. The summed E-state index contributed by atoms with van der Waals surface area (Å²) in [5, 5.41) is 21.3. The molecule has 30 heavy (non-hydrogen) atoms.